The Hall–Kier alpha value is -3.43. The Morgan fingerprint density at radius 3 is 2.68 bits per heavy atom. The number of benzene rings is 2. The number of nitrogens with one attached hydrogen (secondary N) is 2. The van der Waals surface area contributed by atoms with Crippen molar-refractivity contribution in [3.63, 3.8) is 0 Å². The number of aromatic amines is 1. The minimum Gasteiger partial charge on any atom is -0.497 e. The van der Waals surface area contributed by atoms with Crippen molar-refractivity contribution in [2.24, 2.45) is 0 Å². The smallest absolute Gasteiger partial charge is 0.322 e. The number of amides is 2. The minimum atomic E-state index is -0.376. The maximum absolute atomic E-state index is 13.3. The minimum absolute atomic E-state index is 0.138. The lowest BCUT2D eigenvalue weighted by atomic mass is 10.1. The molecule has 8 nitrogen and oxygen atoms in total. The molecule has 1 aliphatic heterocycles. The Kier molecular flexibility index (Phi) is 7.76. The predicted octanol–water partition coefficient (Wildman–Crippen LogP) is 3.43. The number of morpholine rings is 1. The molecule has 0 spiro atoms. The number of carbonyl (C=O) groups excluding carboxylic acids is 1. The van der Waals surface area contributed by atoms with E-state index in [0.29, 0.717) is 42.3 Å². The van der Waals surface area contributed by atoms with Crippen LogP contribution in [0.25, 0.3) is 10.9 Å². The number of aromatic nitrogens is 1. The van der Waals surface area contributed by atoms with Crippen LogP contribution in [0.2, 0.25) is 0 Å². The number of methoxy groups -OCH3 is 1. The van der Waals surface area contributed by atoms with E-state index in [0.717, 1.165) is 31.4 Å². The second-order valence-electron chi connectivity index (χ2n) is 8.24. The van der Waals surface area contributed by atoms with E-state index in [-0.39, 0.29) is 24.0 Å². The molecule has 34 heavy (non-hydrogen) atoms. The Bertz CT molecular complexity index is 1180. The van der Waals surface area contributed by atoms with E-state index in [1.165, 1.54) is 24.3 Å². The molecule has 0 aliphatic carbocycles. The maximum atomic E-state index is 13.3. The third kappa shape index (κ3) is 6.12. The molecule has 0 saturated carbocycles. The molecular formula is C25H29FN4O4. The molecule has 1 fully saturated rings. The molecule has 2 N–H and O–H groups in total. The molecule has 1 saturated heterocycles. The topological polar surface area (TPSA) is 86.9 Å². The number of hydrogen-bond donors (Lipinski definition) is 2. The number of rotatable bonds is 8. The van der Waals surface area contributed by atoms with Crippen LogP contribution >= 0.6 is 0 Å². The highest BCUT2D eigenvalue weighted by Gasteiger charge is 2.18. The number of urea groups is 1. The molecule has 2 amide bonds. The molecule has 2 heterocycles. The molecule has 9 heteroatoms. The van der Waals surface area contributed by atoms with Crippen LogP contribution in [0.15, 0.2) is 53.3 Å². The number of halogens is 1. The summed E-state index contributed by atoms with van der Waals surface area (Å²) in [5.74, 6) is 0.306. The second-order valence-corrected chi connectivity index (χ2v) is 8.24. The van der Waals surface area contributed by atoms with Gasteiger partial charge in [0.05, 0.1) is 26.9 Å². The number of anilines is 1. The second kappa shape index (κ2) is 11.1. The van der Waals surface area contributed by atoms with Crippen LogP contribution in [0.4, 0.5) is 14.9 Å². The molecule has 2 aromatic carbocycles. The molecule has 1 aliphatic rings. The standard InChI is InChI=1S/C25H29FN4O4/c1-33-22-7-8-23-18(16-22)15-19(24(31)28-23)17-30(10-2-9-29-11-13-34-14-12-29)25(32)27-21-5-3-20(26)4-6-21/h3-8,15-16H,2,9-14,17H2,1H3,(H,27,32)(H,28,31). The number of fused-ring (bicyclic) bond motifs is 1. The fourth-order valence-electron chi connectivity index (χ4n) is 3.98. The highest BCUT2D eigenvalue weighted by Crippen LogP contribution is 2.19. The van der Waals surface area contributed by atoms with E-state index in [1.54, 1.807) is 30.2 Å². The van der Waals surface area contributed by atoms with Crippen LogP contribution in [0.5, 0.6) is 5.75 Å². The Balaban J connectivity index is 1.52. The number of pyridine rings is 1. The zero-order valence-electron chi connectivity index (χ0n) is 19.2. The van der Waals surface area contributed by atoms with Gasteiger partial charge in [0.15, 0.2) is 0 Å². The molecule has 3 aromatic rings. The number of H-pyrrole nitrogens is 1. The van der Waals surface area contributed by atoms with Gasteiger partial charge in [-0.05, 0) is 55.0 Å². The van der Waals surface area contributed by atoms with Gasteiger partial charge in [-0.1, -0.05) is 0 Å². The Labute approximate surface area is 197 Å². The highest BCUT2D eigenvalue weighted by molar-refractivity contribution is 5.89. The molecular weight excluding hydrogens is 439 g/mol. The SMILES string of the molecule is COc1ccc2[nH]c(=O)c(CN(CCCN3CCOCC3)C(=O)Nc3ccc(F)cc3)cc2c1. The lowest BCUT2D eigenvalue weighted by molar-refractivity contribution is 0.0365. The summed E-state index contributed by atoms with van der Waals surface area (Å²) < 4.78 is 23.9. The van der Waals surface area contributed by atoms with Gasteiger partial charge in [-0.15, -0.1) is 0 Å². The highest BCUT2D eigenvalue weighted by atomic mass is 19.1. The molecule has 0 bridgehead atoms. The van der Waals surface area contributed by atoms with Crippen LogP contribution < -0.4 is 15.6 Å². The van der Waals surface area contributed by atoms with Gasteiger partial charge in [-0.2, -0.15) is 0 Å². The first kappa shape index (κ1) is 23.7. The number of nitrogens with zero attached hydrogens (tertiary/aromatic N) is 2. The molecule has 0 radical (unpaired) electrons. The largest absolute Gasteiger partial charge is 0.497 e. The zero-order valence-corrected chi connectivity index (χ0v) is 19.2. The summed E-state index contributed by atoms with van der Waals surface area (Å²) in [5, 5.41) is 3.63. The number of ether oxygens (including phenoxy) is 2. The van der Waals surface area contributed by atoms with Crippen molar-refractivity contribution in [1.82, 2.24) is 14.8 Å². The van der Waals surface area contributed by atoms with Gasteiger partial charge in [0.25, 0.3) is 5.56 Å². The molecule has 0 unspecified atom stereocenters. The fourth-order valence-corrected chi connectivity index (χ4v) is 3.98. The summed E-state index contributed by atoms with van der Waals surface area (Å²) in [7, 11) is 1.59. The average molecular weight is 469 g/mol. The lowest BCUT2D eigenvalue weighted by Gasteiger charge is -2.28. The first-order chi connectivity index (χ1) is 16.5. The predicted molar refractivity (Wildman–Crippen MR) is 129 cm³/mol. The Morgan fingerprint density at radius 2 is 1.94 bits per heavy atom. The summed E-state index contributed by atoms with van der Waals surface area (Å²) in [4.78, 5) is 32.7. The van der Waals surface area contributed by atoms with Crippen LogP contribution in [0.3, 0.4) is 0 Å². The van der Waals surface area contributed by atoms with Crippen LogP contribution in [0.1, 0.15) is 12.0 Å². The van der Waals surface area contributed by atoms with Crippen molar-refractivity contribution in [2.45, 2.75) is 13.0 Å². The van der Waals surface area contributed by atoms with Gasteiger partial charge in [0.1, 0.15) is 11.6 Å². The molecule has 1 aromatic heterocycles. The summed E-state index contributed by atoms with van der Waals surface area (Å²) in [5.41, 5.74) is 1.41. The summed E-state index contributed by atoms with van der Waals surface area (Å²) in [6, 6.07) is 12.5. The van der Waals surface area contributed by atoms with Crippen LogP contribution in [-0.4, -0.2) is 67.3 Å². The van der Waals surface area contributed by atoms with E-state index in [2.05, 4.69) is 15.2 Å². The summed E-state index contributed by atoms with van der Waals surface area (Å²) in [6.07, 6.45) is 0.746. The first-order valence-electron chi connectivity index (χ1n) is 11.3. The van der Waals surface area contributed by atoms with Crippen LogP contribution in [-0.2, 0) is 11.3 Å². The van der Waals surface area contributed by atoms with Crippen molar-refractivity contribution < 1.29 is 18.7 Å². The first-order valence-corrected chi connectivity index (χ1v) is 11.3. The normalized spacial score (nSPS) is 14.2. The van der Waals surface area contributed by atoms with Gasteiger partial charge < -0.3 is 24.7 Å². The van der Waals surface area contributed by atoms with Crippen LogP contribution in [0, 0.1) is 5.82 Å². The molecule has 180 valence electrons. The van der Waals surface area contributed by atoms with Gasteiger partial charge in [0, 0.05) is 48.3 Å². The fraction of sp³-hybridized carbons (Fsp3) is 0.360. The van der Waals surface area contributed by atoms with Crippen molar-refractivity contribution in [3.8, 4) is 5.75 Å². The quantitative estimate of drug-likeness (QED) is 0.529. The molecule has 0 atom stereocenters. The molecule has 4 rings (SSSR count). The third-order valence-electron chi connectivity index (χ3n) is 5.88. The monoisotopic (exact) mass is 468 g/mol. The van der Waals surface area contributed by atoms with Gasteiger partial charge in [-0.25, -0.2) is 9.18 Å². The van der Waals surface area contributed by atoms with Gasteiger partial charge in [0.2, 0.25) is 0 Å². The van der Waals surface area contributed by atoms with E-state index in [1.807, 2.05) is 6.07 Å². The van der Waals surface area contributed by atoms with E-state index < -0.39 is 0 Å². The lowest BCUT2D eigenvalue weighted by Crippen LogP contribution is -2.40. The number of carbonyl (C=O) groups is 1. The third-order valence-corrected chi connectivity index (χ3v) is 5.88. The summed E-state index contributed by atoms with van der Waals surface area (Å²) in [6.45, 7) is 4.59. The van der Waals surface area contributed by atoms with E-state index in [9.17, 15) is 14.0 Å². The van der Waals surface area contributed by atoms with Crippen molar-refractivity contribution >= 4 is 22.6 Å². The summed E-state index contributed by atoms with van der Waals surface area (Å²) >= 11 is 0. The van der Waals surface area contributed by atoms with E-state index >= 15 is 0 Å². The average Bonchev–Trinajstić information content (AvgIpc) is 2.85. The van der Waals surface area contributed by atoms with Gasteiger partial charge >= 0.3 is 6.03 Å². The van der Waals surface area contributed by atoms with E-state index in [4.69, 9.17) is 9.47 Å². The zero-order chi connectivity index (χ0) is 23.9. The van der Waals surface area contributed by atoms with Crippen molar-refractivity contribution in [2.75, 3.05) is 51.8 Å². The maximum Gasteiger partial charge on any atom is 0.322 e. The van der Waals surface area contributed by atoms with Gasteiger partial charge in [-0.3, -0.25) is 9.69 Å². The van der Waals surface area contributed by atoms with Crippen molar-refractivity contribution in [1.29, 1.82) is 0 Å². The number of hydrogen-bond acceptors (Lipinski definition) is 5. The Morgan fingerprint density at radius 1 is 1.18 bits per heavy atom. The van der Waals surface area contributed by atoms with Crippen molar-refractivity contribution in [3.05, 3.63) is 70.3 Å².